The van der Waals surface area contributed by atoms with Crippen LogP contribution in [0.1, 0.15) is 27.6 Å². The molecular formula is C17H13F3O5. The Morgan fingerprint density at radius 2 is 1.64 bits per heavy atom. The smallest absolute Gasteiger partial charge is 0.478 e. The Hall–Kier alpha value is -3.03. The largest absolute Gasteiger partial charge is 0.573 e. The zero-order valence-corrected chi connectivity index (χ0v) is 13.0. The molecule has 2 aromatic rings. The average molecular weight is 354 g/mol. The van der Waals surface area contributed by atoms with Crippen molar-refractivity contribution in [3.8, 4) is 16.9 Å². The molecule has 0 radical (unpaired) electrons. The molecule has 5 nitrogen and oxygen atoms in total. The Bertz CT molecular complexity index is 782. The number of benzene rings is 2. The molecule has 0 fully saturated rings. The van der Waals surface area contributed by atoms with Crippen LogP contribution in [-0.2, 0) is 4.74 Å². The van der Waals surface area contributed by atoms with Gasteiger partial charge >= 0.3 is 18.3 Å². The lowest BCUT2D eigenvalue weighted by Crippen LogP contribution is -2.17. The van der Waals surface area contributed by atoms with Crippen molar-refractivity contribution in [2.45, 2.75) is 13.3 Å². The van der Waals surface area contributed by atoms with Crippen molar-refractivity contribution in [2.75, 3.05) is 6.61 Å². The van der Waals surface area contributed by atoms with Crippen LogP contribution in [0, 0.1) is 0 Å². The van der Waals surface area contributed by atoms with Gasteiger partial charge in [0.05, 0.1) is 17.7 Å². The second kappa shape index (κ2) is 7.25. The molecule has 0 atom stereocenters. The van der Waals surface area contributed by atoms with E-state index in [0.29, 0.717) is 0 Å². The molecule has 1 N–H and O–H groups in total. The summed E-state index contributed by atoms with van der Waals surface area (Å²) in [6.07, 6.45) is -4.84. The number of hydrogen-bond acceptors (Lipinski definition) is 4. The monoisotopic (exact) mass is 354 g/mol. The fraction of sp³-hybridized carbons (Fsp3) is 0.176. The highest BCUT2D eigenvalue weighted by atomic mass is 19.4. The summed E-state index contributed by atoms with van der Waals surface area (Å²) >= 11 is 0. The molecule has 0 unspecified atom stereocenters. The number of carbonyl (C=O) groups is 2. The van der Waals surface area contributed by atoms with Crippen molar-refractivity contribution in [3.63, 3.8) is 0 Å². The quantitative estimate of drug-likeness (QED) is 0.818. The molecule has 0 bridgehead atoms. The summed E-state index contributed by atoms with van der Waals surface area (Å²) in [5.41, 5.74) is 0.142. The first kappa shape index (κ1) is 18.3. The third-order valence-corrected chi connectivity index (χ3v) is 3.17. The number of alkyl halides is 3. The fourth-order valence-electron chi connectivity index (χ4n) is 2.24. The number of hydrogen-bond donors (Lipinski definition) is 1. The van der Waals surface area contributed by atoms with Crippen LogP contribution < -0.4 is 4.74 Å². The van der Waals surface area contributed by atoms with Crippen LogP contribution in [-0.4, -0.2) is 30.0 Å². The number of ether oxygens (including phenoxy) is 2. The molecule has 0 aliphatic rings. The van der Waals surface area contributed by atoms with E-state index in [4.69, 9.17) is 4.74 Å². The Balaban J connectivity index is 2.52. The van der Waals surface area contributed by atoms with Crippen LogP contribution in [0.2, 0.25) is 0 Å². The number of rotatable bonds is 5. The summed E-state index contributed by atoms with van der Waals surface area (Å²) in [5.74, 6) is -2.46. The minimum Gasteiger partial charge on any atom is -0.478 e. The highest BCUT2D eigenvalue weighted by Crippen LogP contribution is 2.31. The van der Waals surface area contributed by atoms with Crippen LogP contribution in [0.3, 0.4) is 0 Å². The van der Waals surface area contributed by atoms with Crippen molar-refractivity contribution < 1.29 is 37.3 Å². The summed E-state index contributed by atoms with van der Waals surface area (Å²) in [6, 6.07) is 8.63. The number of aromatic carboxylic acids is 1. The molecule has 8 heteroatoms. The van der Waals surface area contributed by atoms with Crippen molar-refractivity contribution in [1.82, 2.24) is 0 Å². The molecule has 2 aromatic carbocycles. The first-order chi connectivity index (χ1) is 11.7. The van der Waals surface area contributed by atoms with E-state index in [-0.39, 0.29) is 28.9 Å². The maximum atomic E-state index is 12.2. The van der Waals surface area contributed by atoms with E-state index < -0.39 is 24.1 Å². The SMILES string of the molecule is CCOC(=O)c1cccc(C(=O)O)c1-c1ccc(OC(F)(F)F)cc1. The third-order valence-electron chi connectivity index (χ3n) is 3.17. The van der Waals surface area contributed by atoms with E-state index in [0.717, 1.165) is 12.1 Å². The van der Waals surface area contributed by atoms with Gasteiger partial charge < -0.3 is 14.6 Å². The zero-order valence-electron chi connectivity index (χ0n) is 13.0. The summed E-state index contributed by atoms with van der Waals surface area (Å²) in [5, 5.41) is 9.34. The van der Waals surface area contributed by atoms with E-state index in [9.17, 15) is 27.9 Å². The maximum Gasteiger partial charge on any atom is 0.573 e. The first-order valence-corrected chi connectivity index (χ1v) is 7.12. The lowest BCUT2D eigenvalue weighted by Gasteiger charge is -2.13. The highest BCUT2D eigenvalue weighted by Gasteiger charge is 2.31. The van der Waals surface area contributed by atoms with Crippen LogP contribution in [0.25, 0.3) is 11.1 Å². The summed E-state index contributed by atoms with van der Waals surface area (Å²) in [6.45, 7) is 1.69. The summed E-state index contributed by atoms with van der Waals surface area (Å²) in [4.78, 5) is 23.5. The number of carbonyl (C=O) groups excluding carboxylic acids is 1. The van der Waals surface area contributed by atoms with Crippen LogP contribution >= 0.6 is 0 Å². The minimum absolute atomic E-state index is 0.00578. The molecular weight excluding hydrogens is 341 g/mol. The molecule has 0 aliphatic heterocycles. The Labute approximate surface area is 140 Å². The Morgan fingerprint density at radius 1 is 1.04 bits per heavy atom. The number of halogens is 3. The molecule has 25 heavy (non-hydrogen) atoms. The predicted molar refractivity (Wildman–Crippen MR) is 81.5 cm³/mol. The van der Waals surface area contributed by atoms with E-state index >= 15 is 0 Å². The molecule has 0 amide bonds. The maximum absolute atomic E-state index is 12.2. The van der Waals surface area contributed by atoms with Gasteiger partial charge in [0.25, 0.3) is 0 Å². The minimum atomic E-state index is -4.84. The van der Waals surface area contributed by atoms with Gasteiger partial charge in [-0.2, -0.15) is 0 Å². The van der Waals surface area contributed by atoms with E-state index in [1.807, 2.05) is 0 Å². The fourth-order valence-corrected chi connectivity index (χ4v) is 2.24. The lowest BCUT2D eigenvalue weighted by atomic mass is 9.94. The van der Waals surface area contributed by atoms with Gasteiger partial charge in [0, 0.05) is 5.56 Å². The Morgan fingerprint density at radius 3 is 2.16 bits per heavy atom. The second-order valence-corrected chi connectivity index (χ2v) is 4.83. The van der Waals surface area contributed by atoms with Crippen LogP contribution in [0.15, 0.2) is 42.5 Å². The van der Waals surface area contributed by atoms with Crippen LogP contribution in [0.5, 0.6) is 5.75 Å². The van der Waals surface area contributed by atoms with Gasteiger partial charge in [0.15, 0.2) is 0 Å². The summed E-state index contributed by atoms with van der Waals surface area (Å²) in [7, 11) is 0. The van der Waals surface area contributed by atoms with Crippen molar-refractivity contribution in [2.24, 2.45) is 0 Å². The first-order valence-electron chi connectivity index (χ1n) is 7.12. The third kappa shape index (κ3) is 4.50. The number of esters is 1. The molecule has 0 saturated heterocycles. The standard InChI is InChI=1S/C17H13F3O5/c1-2-24-16(23)13-5-3-4-12(15(21)22)14(13)10-6-8-11(9-7-10)25-17(18,19)20/h3-9H,2H2,1H3,(H,21,22). The lowest BCUT2D eigenvalue weighted by molar-refractivity contribution is -0.274. The second-order valence-electron chi connectivity index (χ2n) is 4.83. The molecule has 0 aromatic heterocycles. The molecule has 0 saturated carbocycles. The Kier molecular flexibility index (Phi) is 5.31. The van der Waals surface area contributed by atoms with E-state index in [1.165, 1.54) is 30.3 Å². The topological polar surface area (TPSA) is 72.8 Å². The van der Waals surface area contributed by atoms with Crippen molar-refractivity contribution >= 4 is 11.9 Å². The van der Waals surface area contributed by atoms with Gasteiger partial charge in [-0.15, -0.1) is 13.2 Å². The molecule has 0 spiro atoms. The van der Waals surface area contributed by atoms with Gasteiger partial charge in [-0.3, -0.25) is 0 Å². The van der Waals surface area contributed by atoms with Gasteiger partial charge in [-0.1, -0.05) is 18.2 Å². The van der Waals surface area contributed by atoms with Gasteiger partial charge in [-0.05, 0) is 36.8 Å². The molecule has 0 heterocycles. The molecule has 0 aliphatic carbocycles. The van der Waals surface area contributed by atoms with Crippen LogP contribution in [0.4, 0.5) is 13.2 Å². The van der Waals surface area contributed by atoms with Gasteiger partial charge in [0.1, 0.15) is 5.75 Å². The average Bonchev–Trinajstić information content (AvgIpc) is 2.53. The summed E-state index contributed by atoms with van der Waals surface area (Å²) < 4.78 is 45.4. The van der Waals surface area contributed by atoms with Crippen molar-refractivity contribution in [1.29, 1.82) is 0 Å². The van der Waals surface area contributed by atoms with E-state index in [2.05, 4.69) is 4.74 Å². The van der Waals surface area contributed by atoms with Gasteiger partial charge in [0.2, 0.25) is 0 Å². The predicted octanol–water partition coefficient (Wildman–Crippen LogP) is 4.13. The van der Waals surface area contributed by atoms with Gasteiger partial charge in [-0.25, -0.2) is 9.59 Å². The van der Waals surface area contributed by atoms with E-state index in [1.54, 1.807) is 6.92 Å². The molecule has 132 valence electrons. The zero-order chi connectivity index (χ0) is 18.6. The number of carboxylic acids is 1. The molecule has 2 rings (SSSR count). The normalized spacial score (nSPS) is 11.0. The number of carboxylic acid groups (broad SMARTS) is 1. The van der Waals surface area contributed by atoms with Crippen molar-refractivity contribution in [3.05, 3.63) is 53.6 Å². The highest BCUT2D eigenvalue weighted by molar-refractivity contribution is 6.05.